The summed E-state index contributed by atoms with van der Waals surface area (Å²) in [5, 5.41) is 7.30. The molecule has 2 amide bonds. The Morgan fingerprint density at radius 2 is 1.77 bits per heavy atom. The van der Waals surface area contributed by atoms with Gasteiger partial charge in [-0.25, -0.2) is 5.43 Å². The molecule has 3 rings (SSSR count). The van der Waals surface area contributed by atoms with E-state index in [0.29, 0.717) is 27.0 Å². The standard InChI is InChI=1S/C23H19Cl2N3O3/c1-15-5-4-7-18(11-15)27-22(29)23(30)28-26-13-17-6-2-3-8-21(17)31-14-16-9-10-19(24)20(25)12-16/h2-13H,14H2,1H3,(H,27,29)(H,28,30)/b26-13-. The molecule has 0 radical (unpaired) electrons. The molecular weight excluding hydrogens is 437 g/mol. The smallest absolute Gasteiger partial charge is 0.329 e. The third-order valence-corrected chi connectivity index (χ3v) is 4.89. The Hall–Kier alpha value is -3.35. The number of rotatable bonds is 6. The van der Waals surface area contributed by atoms with Crippen LogP contribution in [-0.2, 0) is 16.2 Å². The van der Waals surface area contributed by atoms with Gasteiger partial charge in [0.05, 0.1) is 16.3 Å². The van der Waals surface area contributed by atoms with Gasteiger partial charge in [-0.2, -0.15) is 5.10 Å². The van der Waals surface area contributed by atoms with Gasteiger partial charge in [-0.3, -0.25) is 9.59 Å². The molecule has 0 unspecified atom stereocenters. The minimum Gasteiger partial charge on any atom is -0.488 e. The van der Waals surface area contributed by atoms with Crippen LogP contribution in [0.1, 0.15) is 16.7 Å². The van der Waals surface area contributed by atoms with Crippen molar-refractivity contribution in [2.45, 2.75) is 13.5 Å². The average molecular weight is 456 g/mol. The van der Waals surface area contributed by atoms with Gasteiger partial charge in [0.25, 0.3) is 0 Å². The maximum absolute atomic E-state index is 12.0. The van der Waals surface area contributed by atoms with Crippen LogP contribution in [0.25, 0.3) is 0 Å². The second-order valence-corrected chi connectivity index (χ2v) is 7.41. The first-order valence-electron chi connectivity index (χ1n) is 9.29. The minimum atomic E-state index is -0.882. The van der Waals surface area contributed by atoms with E-state index in [2.05, 4.69) is 15.8 Å². The fourth-order valence-electron chi connectivity index (χ4n) is 2.63. The van der Waals surface area contributed by atoms with Gasteiger partial charge >= 0.3 is 11.8 Å². The number of nitrogens with zero attached hydrogens (tertiary/aromatic N) is 1. The van der Waals surface area contributed by atoms with Gasteiger partial charge in [0.1, 0.15) is 12.4 Å². The van der Waals surface area contributed by atoms with Crippen LogP contribution in [-0.4, -0.2) is 18.0 Å². The molecule has 0 saturated carbocycles. The Labute approximate surface area is 189 Å². The number of benzene rings is 3. The van der Waals surface area contributed by atoms with E-state index in [-0.39, 0.29) is 6.61 Å². The second-order valence-electron chi connectivity index (χ2n) is 6.60. The van der Waals surface area contributed by atoms with Gasteiger partial charge in [-0.1, -0.05) is 53.5 Å². The van der Waals surface area contributed by atoms with Gasteiger partial charge in [0.15, 0.2) is 0 Å². The number of para-hydroxylation sites is 1. The van der Waals surface area contributed by atoms with Crippen molar-refractivity contribution in [3.63, 3.8) is 0 Å². The highest BCUT2D eigenvalue weighted by Gasteiger charge is 2.13. The van der Waals surface area contributed by atoms with Crippen molar-refractivity contribution < 1.29 is 14.3 Å². The maximum atomic E-state index is 12.0. The summed E-state index contributed by atoms with van der Waals surface area (Å²) in [6, 6.07) is 19.5. The third-order valence-electron chi connectivity index (χ3n) is 4.15. The first-order valence-corrected chi connectivity index (χ1v) is 10.0. The highest BCUT2D eigenvalue weighted by atomic mass is 35.5. The molecule has 158 valence electrons. The summed E-state index contributed by atoms with van der Waals surface area (Å²) in [5.74, 6) is -1.14. The normalized spacial score (nSPS) is 10.7. The summed E-state index contributed by atoms with van der Waals surface area (Å²) in [4.78, 5) is 24.0. The van der Waals surface area contributed by atoms with Crippen LogP contribution < -0.4 is 15.5 Å². The van der Waals surface area contributed by atoms with Crippen LogP contribution in [0.2, 0.25) is 10.0 Å². The minimum absolute atomic E-state index is 0.271. The van der Waals surface area contributed by atoms with Crippen molar-refractivity contribution in [2.75, 3.05) is 5.32 Å². The predicted octanol–water partition coefficient (Wildman–Crippen LogP) is 4.97. The quantitative estimate of drug-likeness (QED) is 0.312. The zero-order chi connectivity index (χ0) is 22.2. The second kappa shape index (κ2) is 10.6. The number of nitrogens with one attached hydrogen (secondary N) is 2. The number of anilines is 1. The van der Waals surface area contributed by atoms with Crippen molar-refractivity contribution in [1.82, 2.24) is 5.43 Å². The molecule has 2 N–H and O–H groups in total. The molecule has 0 spiro atoms. The lowest BCUT2D eigenvalue weighted by Crippen LogP contribution is -2.32. The summed E-state index contributed by atoms with van der Waals surface area (Å²) < 4.78 is 5.83. The molecule has 0 aliphatic carbocycles. The molecular formula is C23H19Cl2N3O3. The summed E-state index contributed by atoms with van der Waals surface area (Å²) in [7, 11) is 0. The molecule has 0 heterocycles. The fourth-order valence-corrected chi connectivity index (χ4v) is 2.95. The molecule has 0 bridgehead atoms. The van der Waals surface area contributed by atoms with Crippen molar-refractivity contribution >= 4 is 46.9 Å². The van der Waals surface area contributed by atoms with Gasteiger partial charge in [0, 0.05) is 11.3 Å². The first kappa shape index (κ1) is 22.3. The Kier molecular flexibility index (Phi) is 7.65. The van der Waals surface area contributed by atoms with Crippen molar-refractivity contribution in [1.29, 1.82) is 0 Å². The van der Waals surface area contributed by atoms with Crippen molar-refractivity contribution in [3.8, 4) is 5.75 Å². The zero-order valence-electron chi connectivity index (χ0n) is 16.6. The van der Waals surface area contributed by atoms with E-state index in [1.54, 1.807) is 48.5 Å². The van der Waals surface area contributed by atoms with Gasteiger partial charge < -0.3 is 10.1 Å². The van der Waals surface area contributed by atoms with E-state index in [9.17, 15) is 9.59 Å². The summed E-state index contributed by atoms with van der Waals surface area (Å²) in [5.41, 5.74) is 5.19. The van der Waals surface area contributed by atoms with E-state index in [1.165, 1.54) is 6.21 Å². The van der Waals surface area contributed by atoms with Crippen molar-refractivity contribution in [2.24, 2.45) is 5.10 Å². The molecule has 8 heteroatoms. The highest BCUT2D eigenvalue weighted by molar-refractivity contribution is 6.42. The molecule has 0 aromatic heterocycles. The van der Waals surface area contributed by atoms with Crippen LogP contribution in [0.15, 0.2) is 71.8 Å². The lowest BCUT2D eigenvalue weighted by atomic mass is 10.2. The molecule has 6 nitrogen and oxygen atoms in total. The summed E-state index contributed by atoms with van der Waals surface area (Å²) >= 11 is 12.0. The van der Waals surface area contributed by atoms with Gasteiger partial charge in [-0.05, 0) is 54.4 Å². The maximum Gasteiger partial charge on any atom is 0.329 e. The molecule has 0 aliphatic rings. The number of hydrogen-bond donors (Lipinski definition) is 2. The summed E-state index contributed by atoms with van der Waals surface area (Å²) in [6.45, 7) is 2.16. The Bertz CT molecular complexity index is 1130. The van der Waals surface area contributed by atoms with E-state index in [4.69, 9.17) is 27.9 Å². The molecule has 0 saturated heterocycles. The lowest BCUT2D eigenvalue weighted by Gasteiger charge is -2.09. The number of carbonyl (C=O) groups is 2. The molecule has 0 aliphatic heterocycles. The van der Waals surface area contributed by atoms with Crippen LogP contribution in [0.4, 0.5) is 5.69 Å². The summed E-state index contributed by atoms with van der Waals surface area (Å²) in [6.07, 6.45) is 1.40. The number of aryl methyl sites for hydroxylation is 1. The molecule has 0 fully saturated rings. The van der Waals surface area contributed by atoms with E-state index >= 15 is 0 Å². The van der Waals surface area contributed by atoms with Gasteiger partial charge in [0.2, 0.25) is 0 Å². The van der Waals surface area contributed by atoms with Crippen LogP contribution in [0.5, 0.6) is 5.75 Å². The van der Waals surface area contributed by atoms with Crippen LogP contribution >= 0.6 is 23.2 Å². The number of carbonyl (C=O) groups excluding carboxylic acids is 2. The average Bonchev–Trinajstić information content (AvgIpc) is 2.75. The fraction of sp³-hybridized carbons (Fsp3) is 0.0870. The van der Waals surface area contributed by atoms with E-state index in [0.717, 1.165) is 11.1 Å². The Morgan fingerprint density at radius 1 is 0.968 bits per heavy atom. The lowest BCUT2D eigenvalue weighted by molar-refractivity contribution is -0.136. The Morgan fingerprint density at radius 3 is 2.55 bits per heavy atom. The van der Waals surface area contributed by atoms with Crippen LogP contribution in [0, 0.1) is 6.92 Å². The molecule has 0 atom stereocenters. The van der Waals surface area contributed by atoms with E-state index in [1.807, 2.05) is 25.1 Å². The topological polar surface area (TPSA) is 79.8 Å². The SMILES string of the molecule is Cc1cccc(NC(=O)C(=O)N/N=C\c2ccccc2OCc2ccc(Cl)c(Cl)c2)c1. The zero-order valence-corrected chi connectivity index (χ0v) is 18.1. The molecule has 31 heavy (non-hydrogen) atoms. The number of ether oxygens (including phenoxy) is 1. The van der Waals surface area contributed by atoms with Crippen LogP contribution in [0.3, 0.4) is 0 Å². The monoisotopic (exact) mass is 455 g/mol. The first-order chi connectivity index (χ1) is 14.9. The van der Waals surface area contributed by atoms with Crippen molar-refractivity contribution in [3.05, 3.63) is 93.5 Å². The molecule has 3 aromatic rings. The number of hydrogen-bond acceptors (Lipinski definition) is 4. The Balaban J connectivity index is 1.58. The largest absolute Gasteiger partial charge is 0.488 e. The molecule has 3 aromatic carbocycles. The third kappa shape index (κ3) is 6.57. The predicted molar refractivity (Wildman–Crippen MR) is 123 cm³/mol. The van der Waals surface area contributed by atoms with Gasteiger partial charge in [-0.15, -0.1) is 0 Å². The van der Waals surface area contributed by atoms with E-state index < -0.39 is 11.8 Å². The number of amides is 2. The number of halogens is 2. The highest BCUT2D eigenvalue weighted by Crippen LogP contribution is 2.24. The number of hydrazone groups is 1.